The molecule has 5 nitrogen and oxygen atoms in total. The Kier molecular flexibility index (Phi) is 4.33. The van der Waals surface area contributed by atoms with Gasteiger partial charge in [-0.1, -0.05) is 18.2 Å². The molecule has 2 aromatic rings. The van der Waals surface area contributed by atoms with Crippen LogP contribution in [0.5, 0.6) is 0 Å². The molecule has 2 heterocycles. The molecule has 1 saturated heterocycles. The summed E-state index contributed by atoms with van der Waals surface area (Å²) in [5.41, 5.74) is 0.441. The Morgan fingerprint density at radius 1 is 1.43 bits per heavy atom. The lowest BCUT2D eigenvalue weighted by atomic mass is 10.1. The van der Waals surface area contributed by atoms with Crippen LogP contribution in [-0.2, 0) is 4.79 Å². The fraction of sp³-hybridized carbons (Fsp3) is 0.267. The molecule has 1 aliphatic rings. The molecule has 1 aromatic heterocycles. The molecule has 2 N–H and O–H groups in total. The minimum Gasteiger partial charge on any atom is -0.354 e. The van der Waals surface area contributed by atoms with Crippen LogP contribution in [0.1, 0.15) is 28.1 Å². The van der Waals surface area contributed by atoms with E-state index in [0.717, 1.165) is 11.3 Å². The number of hydrogen-bond donors (Lipinski definition) is 2. The van der Waals surface area contributed by atoms with Gasteiger partial charge in [0.25, 0.3) is 12.3 Å². The van der Waals surface area contributed by atoms with Crippen LogP contribution in [0, 0.1) is 0 Å². The summed E-state index contributed by atoms with van der Waals surface area (Å²) in [7, 11) is 0. The third kappa shape index (κ3) is 3.37. The number of benzene rings is 1. The van der Waals surface area contributed by atoms with Crippen molar-refractivity contribution < 1.29 is 18.4 Å². The highest BCUT2D eigenvalue weighted by Gasteiger charge is 2.26. The third-order valence-corrected chi connectivity index (χ3v) is 4.51. The van der Waals surface area contributed by atoms with Gasteiger partial charge in [0.2, 0.25) is 5.91 Å². The standard InChI is InChI=1S/C15H13F2N3O2S/c16-12(17)8-2-1-3-9(6-8)15-19-7-11(23-15)14(22)20-10-4-5-18-13(10)21/h1-3,6-7,10,12H,4-5H2,(H,18,21)(H,20,22)/t10-/m0/s1. The van der Waals surface area contributed by atoms with Gasteiger partial charge >= 0.3 is 0 Å². The SMILES string of the molecule is O=C(N[C@H]1CCNC1=O)c1cnc(-c2cccc(C(F)F)c2)s1. The highest BCUT2D eigenvalue weighted by atomic mass is 32.1. The number of alkyl halides is 2. The molecule has 0 bridgehead atoms. The minimum atomic E-state index is -2.56. The molecular weight excluding hydrogens is 324 g/mol. The molecule has 1 fully saturated rings. The van der Waals surface area contributed by atoms with Crippen LogP contribution in [-0.4, -0.2) is 29.4 Å². The molecule has 0 aliphatic carbocycles. The van der Waals surface area contributed by atoms with Crippen LogP contribution in [0.15, 0.2) is 30.5 Å². The Bertz CT molecular complexity index is 748. The third-order valence-electron chi connectivity index (χ3n) is 3.47. The van der Waals surface area contributed by atoms with Gasteiger partial charge < -0.3 is 10.6 Å². The highest BCUT2D eigenvalue weighted by molar-refractivity contribution is 7.16. The van der Waals surface area contributed by atoms with Crippen molar-refractivity contribution in [1.29, 1.82) is 0 Å². The molecule has 0 unspecified atom stereocenters. The van der Waals surface area contributed by atoms with Crippen LogP contribution in [0.4, 0.5) is 8.78 Å². The molecule has 3 rings (SSSR count). The first-order chi connectivity index (χ1) is 11.0. The quantitative estimate of drug-likeness (QED) is 0.900. The number of nitrogens with zero attached hydrogens (tertiary/aromatic N) is 1. The summed E-state index contributed by atoms with van der Waals surface area (Å²) in [6, 6.07) is 5.36. The number of carbonyl (C=O) groups excluding carboxylic acids is 2. The monoisotopic (exact) mass is 337 g/mol. The van der Waals surface area contributed by atoms with E-state index in [0.29, 0.717) is 28.4 Å². The van der Waals surface area contributed by atoms with Gasteiger partial charge in [0.1, 0.15) is 15.9 Å². The highest BCUT2D eigenvalue weighted by Crippen LogP contribution is 2.28. The molecule has 8 heteroatoms. The normalized spacial score (nSPS) is 17.3. The number of carbonyl (C=O) groups is 2. The molecule has 23 heavy (non-hydrogen) atoms. The summed E-state index contributed by atoms with van der Waals surface area (Å²) >= 11 is 1.10. The van der Waals surface area contributed by atoms with Gasteiger partial charge in [0.15, 0.2) is 0 Å². The van der Waals surface area contributed by atoms with Crippen LogP contribution >= 0.6 is 11.3 Å². The van der Waals surface area contributed by atoms with Crippen molar-refractivity contribution in [3.8, 4) is 10.6 Å². The van der Waals surface area contributed by atoms with Gasteiger partial charge in [-0.2, -0.15) is 0 Å². The molecule has 2 amide bonds. The van der Waals surface area contributed by atoms with E-state index in [2.05, 4.69) is 15.6 Å². The van der Waals surface area contributed by atoms with Gasteiger partial charge in [-0.25, -0.2) is 13.8 Å². The first-order valence-electron chi connectivity index (χ1n) is 6.97. The van der Waals surface area contributed by atoms with E-state index < -0.39 is 12.5 Å². The van der Waals surface area contributed by atoms with Crippen molar-refractivity contribution in [2.24, 2.45) is 0 Å². The maximum absolute atomic E-state index is 12.7. The number of nitrogens with one attached hydrogen (secondary N) is 2. The molecular formula is C15H13F2N3O2S. The Hall–Kier alpha value is -2.35. The second-order valence-electron chi connectivity index (χ2n) is 5.06. The van der Waals surface area contributed by atoms with Crippen molar-refractivity contribution in [3.63, 3.8) is 0 Å². The van der Waals surface area contributed by atoms with Gasteiger partial charge in [-0.15, -0.1) is 11.3 Å². The second kappa shape index (κ2) is 6.41. The summed E-state index contributed by atoms with van der Waals surface area (Å²) in [6.45, 7) is 0.540. The minimum absolute atomic E-state index is 0.0914. The zero-order valence-corrected chi connectivity index (χ0v) is 12.7. The molecule has 1 aliphatic heterocycles. The van der Waals surface area contributed by atoms with Crippen LogP contribution < -0.4 is 10.6 Å². The van der Waals surface area contributed by atoms with E-state index in [1.165, 1.54) is 24.4 Å². The predicted molar refractivity (Wildman–Crippen MR) is 81.4 cm³/mol. The van der Waals surface area contributed by atoms with E-state index in [4.69, 9.17) is 0 Å². The average molecular weight is 337 g/mol. The Labute approximate surface area is 134 Å². The van der Waals surface area contributed by atoms with Crippen molar-refractivity contribution in [3.05, 3.63) is 40.9 Å². The van der Waals surface area contributed by atoms with Gasteiger partial charge in [-0.05, 0) is 12.5 Å². The van der Waals surface area contributed by atoms with Crippen molar-refractivity contribution in [1.82, 2.24) is 15.6 Å². The number of thiazole rings is 1. The first-order valence-corrected chi connectivity index (χ1v) is 7.79. The van der Waals surface area contributed by atoms with Crippen molar-refractivity contribution >= 4 is 23.2 Å². The molecule has 120 valence electrons. The molecule has 0 saturated carbocycles. The predicted octanol–water partition coefficient (Wildman–Crippen LogP) is 2.37. The van der Waals surface area contributed by atoms with Crippen LogP contribution in [0.25, 0.3) is 10.6 Å². The fourth-order valence-corrected chi connectivity index (χ4v) is 3.10. The second-order valence-corrected chi connectivity index (χ2v) is 6.09. The number of hydrogen-bond acceptors (Lipinski definition) is 4. The smallest absolute Gasteiger partial charge is 0.263 e. The average Bonchev–Trinajstić information content (AvgIpc) is 3.17. The summed E-state index contributed by atoms with van der Waals surface area (Å²) in [5.74, 6) is -0.589. The van der Waals surface area contributed by atoms with Gasteiger partial charge in [-0.3, -0.25) is 9.59 Å². The zero-order valence-electron chi connectivity index (χ0n) is 11.9. The molecule has 1 aromatic carbocycles. The van der Waals surface area contributed by atoms with Gasteiger partial charge in [0, 0.05) is 17.7 Å². The number of halogens is 2. The van der Waals surface area contributed by atoms with Crippen LogP contribution in [0.2, 0.25) is 0 Å². The fourth-order valence-electron chi connectivity index (χ4n) is 2.28. The summed E-state index contributed by atoms with van der Waals surface area (Å²) in [4.78, 5) is 28.0. The Morgan fingerprint density at radius 3 is 2.96 bits per heavy atom. The van der Waals surface area contributed by atoms with Crippen molar-refractivity contribution in [2.75, 3.05) is 6.54 Å². The van der Waals surface area contributed by atoms with E-state index in [-0.39, 0.29) is 17.4 Å². The van der Waals surface area contributed by atoms with Crippen LogP contribution in [0.3, 0.4) is 0 Å². The summed E-state index contributed by atoms with van der Waals surface area (Å²) in [6.07, 6.45) is -0.622. The first kappa shape index (κ1) is 15.5. The lowest BCUT2D eigenvalue weighted by Gasteiger charge is -2.07. The summed E-state index contributed by atoms with van der Waals surface area (Å²) in [5, 5.41) is 5.76. The number of amides is 2. The van der Waals surface area contributed by atoms with Gasteiger partial charge in [0.05, 0.1) is 6.20 Å². The maximum atomic E-state index is 12.7. The van der Waals surface area contributed by atoms with E-state index >= 15 is 0 Å². The zero-order chi connectivity index (χ0) is 16.4. The van der Waals surface area contributed by atoms with E-state index in [9.17, 15) is 18.4 Å². The lowest BCUT2D eigenvalue weighted by molar-refractivity contribution is -0.120. The van der Waals surface area contributed by atoms with E-state index in [1.807, 2.05) is 0 Å². The van der Waals surface area contributed by atoms with Crippen molar-refractivity contribution in [2.45, 2.75) is 18.9 Å². The molecule has 1 atom stereocenters. The number of rotatable bonds is 4. The molecule has 0 radical (unpaired) electrons. The lowest BCUT2D eigenvalue weighted by Crippen LogP contribution is -2.39. The Morgan fingerprint density at radius 2 is 2.26 bits per heavy atom. The largest absolute Gasteiger partial charge is 0.354 e. The summed E-state index contributed by atoms with van der Waals surface area (Å²) < 4.78 is 25.5. The van der Waals surface area contributed by atoms with E-state index in [1.54, 1.807) is 6.07 Å². The number of aromatic nitrogens is 1. The maximum Gasteiger partial charge on any atom is 0.263 e. The Balaban J connectivity index is 1.76. The topological polar surface area (TPSA) is 71.1 Å². The molecule has 0 spiro atoms.